The zero-order valence-corrected chi connectivity index (χ0v) is 18.2. The highest BCUT2D eigenvalue weighted by Crippen LogP contribution is 2.28. The fraction of sp³-hybridized carbons (Fsp3) is 0.545. The quantitative estimate of drug-likeness (QED) is 0.678. The molecule has 0 saturated heterocycles. The second-order valence-corrected chi connectivity index (χ2v) is 9.06. The van der Waals surface area contributed by atoms with Gasteiger partial charge in [-0.05, 0) is 66.0 Å². The summed E-state index contributed by atoms with van der Waals surface area (Å²) >= 11 is 0. The van der Waals surface area contributed by atoms with Crippen molar-refractivity contribution in [2.24, 2.45) is 0 Å². The van der Waals surface area contributed by atoms with Crippen molar-refractivity contribution in [1.29, 1.82) is 5.26 Å². The number of anilines is 2. The molecule has 30 heavy (non-hydrogen) atoms. The van der Waals surface area contributed by atoms with Crippen LogP contribution in [-0.2, 0) is 4.74 Å². The van der Waals surface area contributed by atoms with Crippen molar-refractivity contribution in [2.45, 2.75) is 77.6 Å². The van der Waals surface area contributed by atoms with Gasteiger partial charge in [-0.1, -0.05) is 0 Å². The van der Waals surface area contributed by atoms with E-state index in [1.807, 2.05) is 40.7 Å². The highest BCUT2D eigenvalue weighted by Gasteiger charge is 2.28. The third-order valence-electron chi connectivity index (χ3n) is 4.76. The van der Waals surface area contributed by atoms with E-state index in [4.69, 9.17) is 4.74 Å². The van der Waals surface area contributed by atoms with Crippen LogP contribution >= 0.6 is 0 Å². The highest BCUT2D eigenvalue weighted by molar-refractivity contribution is 5.93. The molecule has 0 bridgehead atoms. The Bertz CT molecular complexity index is 960. The third-order valence-corrected chi connectivity index (χ3v) is 4.76. The van der Waals surface area contributed by atoms with Gasteiger partial charge in [0.2, 0.25) is 0 Å². The maximum absolute atomic E-state index is 12.0. The second kappa shape index (κ2) is 8.74. The third kappa shape index (κ3) is 5.72. The number of nitriles is 1. The average molecular weight is 411 g/mol. The minimum absolute atomic E-state index is 0.0795. The maximum atomic E-state index is 12.0. The molecule has 2 aromatic rings. The molecule has 1 unspecified atom stereocenters. The molecule has 1 saturated carbocycles. The number of alkyl carbamates (subject to hydrolysis) is 1. The monoisotopic (exact) mass is 410 g/mol. The molecule has 3 N–H and O–H groups in total. The summed E-state index contributed by atoms with van der Waals surface area (Å²) in [6, 6.07) is 6.29. The number of hydrogen-bond acceptors (Lipinski definition) is 7. The number of carbonyl (C=O) groups excluding carboxylic acids is 1. The standard InChI is InChI=1S/C22H30N6O2/c1-13(2)25-20-18-10-19(24-12-14(18)8-17(11-23)27-20)26-15-6-7-16(9-15)28-21(29)30-22(3,4)5/h8,10,12-13,15-16H,6-7,9H2,1-5H3,(H,24,26)(H,25,27)(H,28,29)/t15?,16-/m1/s1. The summed E-state index contributed by atoms with van der Waals surface area (Å²) < 4.78 is 5.35. The lowest BCUT2D eigenvalue weighted by molar-refractivity contribution is 0.0505. The summed E-state index contributed by atoms with van der Waals surface area (Å²) in [6.07, 6.45) is 4.01. The predicted octanol–water partition coefficient (Wildman–Crippen LogP) is 4.18. The number of nitrogens with zero attached hydrogens (tertiary/aromatic N) is 3. The smallest absolute Gasteiger partial charge is 0.407 e. The Morgan fingerprint density at radius 1 is 1.27 bits per heavy atom. The van der Waals surface area contributed by atoms with Crippen LogP contribution in [0.25, 0.3) is 10.8 Å². The fourth-order valence-electron chi connectivity index (χ4n) is 3.59. The first kappa shape index (κ1) is 21.6. The normalized spacial score (nSPS) is 18.8. The van der Waals surface area contributed by atoms with Gasteiger partial charge in [0.1, 0.15) is 29.0 Å². The molecular formula is C22H30N6O2. The van der Waals surface area contributed by atoms with Crippen molar-refractivity contribution in [3.63, 3.8) is 0 Å². The molecule has 2 atom stereocenters. The van der Waals surface area contributed by atoms with E-state index in [9.17, 15) is 10.1 Å². The van der Waals surface area contributed by atoms with Gasteiger partial charge < -0.3 is 20.7 Å². The van der Waals surface area contributed by atoms with Crippen molar-refractivity contribution in [2.75, 3.05) is 10.6 Å². The first-order valence-corrected chi connectivity index (χ1v) is 10.4. The molecule has 8 heteroatoms. The minimum atomic E-state index is -0.503. The first-order chi connectivity index (χ1) is 14.1. The van der Waals surface area contributed by atoms with E-state index in [-0.39, 0.29) is 24.2 Å². The van der Waals surface area contributed by atoms with Gasteiger partial charge in [0.25, 0.3) is 0 Å². The van der Waals surface area contributed by atoms with E-state index in [0.717, 1.165) is 35.9 Å². The Hall–Kier alpha value is -3.08. The maximum Gasteiger partial charge on any atom is 0.407 e. The molecule has 160 valence electrons. The minimum Gasteiger partial charge on any atom is -0.444 e. The van der Waals surface area contributed by atoms with Gasteiger partial charge >= 0.3 is 6.09 Å². The molecule has 8 nitrogen and oxygen atoms in total. The molecule has 2 heterocycles. The van der Waals surface area contributed by atoms with Crippen molar-refractivity contribution >= 4 is 28.5 Å². The van der Waals surface area contributed by atoms with Gasteiger partial charge in [-0.3, -0.25) is 0 Å². The van der Waals surface area contributed by atoms with Crippen LogP contribution in [0.15, 0.2) is 18.3 Å². The molecule has 0 aliphatic heterocycles. The predicted molar refractivity (Wildman–Crippen MR) is 117 cm³/mol. The molecule has 0 spiro atoms. The van der Waals surface area contributed by atoms with Crippen LogP contribution in [0.3, 0.4) is 0 Å². The molecule has 0 aromatic carbocycles. The number of hydrogen-bond donors (Lipinski definition) is 3. The second-order valence-electron chi connectivity index (χ2n) is 9.06. The molecule has 2 aromatic heterocycles. The Labute approximate surface area is 177 Å². The summed E-state index contributed by atoms with van der Waals surface area (Å²) in [5, 5.41) is 20.8. The molecular weight excluding hydrogens is 380 g/mol. The van der Waals surface area contributed by atoms with Crippen molar-refractivity contribution < 1.29 is 9.53 Å². The van der Waals surface area contributed by atoms with Crippen LogP contribution in [0.5, 0.6) is 0 Å². The summed E-state index contributed by atoms with van der Waals surface area (Å²) in [7, 11) is 0. The number of nitrogens with one attached hydrogen (secondary N) is 3. The molecule has 1 amide bonds. The SMILES string of the molecule is CC(C)Nc1nc(C#N)cc2cnc(NC3CC[C@@H](NC(=O)OC(C)(C)C)C3)cc12. The lowest BCUT2D eigenvalue weighted by Gasteiger charge is -2.22. The number of amides is 1. The lowest BCUT2D eigenvalue weighted by Crippen LogP contribution is -2.38. The molecule has 0 radical (unpaired) electrons. The lowest BCUT2D eigenvalue weighted by atomic mass is 10.1. The van der Waals surface area contributed by atoms with E-state index >= 15 is 0 Å². The van der Waals surface area contributed by atoms with E-state index in [1.54, 1.807) is 12.3 Å². The molecule has 1 fully saturated rings. The summed E-state index contributed by atoms with van der Waals surface area (Å²) in [4.78, 5) is 20.9. The van der Waals surface area contributed by atoms with Crippen LogP contribution in [0.1, 0.15) is 59.6 Å². The van der Waals surface area contributed by atoms with Gasteiger partial charge in [-0.2, -0.15) is 5.26 Å². The zero-order chi connectivity index (χ0) is 21.9. The van der Waals surface area contributed by atoms with E-state index < -0.39 is 5.60 Å². The molecule has 1 aliphatic carbocycles. The fourth-order valence-corrected chi connectivity index (χ4v) is 3.59. The molecule has 3 rings (SSSR count). The van der Waals surface area contributed by atoms with E-state index in [1.165, 1.54) is 0 Å². The zero-order valence-electron chi connectivity index (χ0n) is 18.2. The van der Waals surface area contributed by atoms with Crippen LogP contribution in [-0.4, -0.2) is 39.8 Å². The number of ether oxygens (including phenoxy) is 1. The number of aromatic nitrogens is 2. The van der Waals surface area contributed by atoms with Gasteiger partial charge in [0, 0.05) is 35.1 Å². The summed E-state index contributed by atoms with van der Waals surface area (Å²) in [5.41, 5.74) is -0.142. The van der Waals surface area contributed by atoms with Crippen LogP contribution < -0.4 is 16.0 Å². The highest BCUT2D eigenvalue weighted by atomic mass is 16.6. The Kier molecular flexibility index (Phi) is 6.30. The van der Waals surface area contributed by atoms with Crippen LogP contribution in [0, 0.1) is 11.3 Å². The largest absolute Gasteiger partial charge is 0.444 e. The van der Waals surface area contributed by atoms with Crippen molar-refractivity contribution in [1.82, 2.24) is 15.3 Å². The van der Waals surface area contributed by atoms with Crippen molar-refractivity contribution in [3.8, 4) is 6.07 Å². The summed E-state index contributed by atoms with van der Waals surface area (Å²) in [6.45, 7) is 9.63. The van der Waals surface area contributed by atoms with Crippen LogP contribution in [0.4, 0.5) is 16.4 Å². The van der Waals surface area contributed by atoms with Gasteiger partial charge in [0.05, 0.1) is 0 Å². The number of fused-ring (bicyclic) bond motifs is 1. The van der Waals surface area contributed by atoms with Gasteiger partial charge in [0.15, 0.2) is 0 Å². The Morgan fingerprint density at radius 2 is 2.00 bits per heavy atom. The van der Waals surface area contributed by atoms with Crippen molar-refractivity contribution in [3.05, 3.63) is 24.0 Å². The number of rotatable bonds is 5. The number of carbonyl (C=O) groups is 1. The Balaban J connectivity index is 1.69. The first-order valence-electron chi connectivity index (χ1n) is 10.4. The van der Waals surface area contributed by atoms with E-state index in [2.05, 4.69) is 32.0 Å². The number of pyridine rings is 2. The summed E-state index contributed by atoms with van der Waals surface area (Å²) in [5.74, 6) is 1.43. The van der Waals surface area contributed by atoms with Gasteiger partial charge in [-0.15, -0.1) is 0 Å². The van der Waals surface area contributed by atoms with Crippen LogP contribution in [0.2, 0.25) is 0 Å². The average Bonchev–Trinajstić information content (AvgIpc) is 3.06. The molecule has 1 aliphatic rings. The topological polar surface area (TPSA) is 112 Å². The Morgan fingerprint density at radius 3 is 2.67 bits per heavy atom. The van der Waals surface area contributed by atoms with Gasteiger partial charge in [-0.25, -0.2) is 14.8 Å². The van der Waals surface area contributed by atoms with E-state index in [0.29, 0.717) is 11.5 Å².